The molecule has 0 aliphatic heterocycles. The highest BCUT2D eigenvalue weighted by molar-refractivity contribution is 7.99. The molecule has 0 fully saturated rings. The Morgan fingerprint density at radius 2 is 1.55 bits per heavy atom. The molecule has 110 valence electrons. The maximum atomic E-state index is 12.1. The standard InChI is InChI=1S/C15H20O4S/c1-4-18-13(16)15(3,14(17)19-5-2)11-20-12-9-7-6-8-10-12/h6-10H,4-5,11H2,1-3H3. The van der Waals surface area contributed by atoms with Gasteiger partial charge in [0.2, 0.25) is 0 Å². The van der Waals surface area contributed by atoms with Gasteiger partial charge in [-0.15, -0.1) is 11.8 Å². The molecule has 4 nitrogen and oxygen atoms in total. The molecule has 0 radical (unpaired) electrons. The van der Waals surface area contributed by atoms with Crippen molar-refractivity contribution in [1.82, 2.24) is 0 Å². The maximum Gasteiger partial charge on any atom is 0.324 e. The summed E-state index contributed by atoms with van der Waals surface area (Å²) < 4.78 is 10.0. The van der Waals surface area contributed by atoms with Crippen molar-refractivity contribution in [2.45, 2.75) is 25.7 Å². The summed E-state index contributed by atoms with van der Waals surface area (Å²) in [5.74, 6) is -0.793. The quantitative estimate of drug-likeness (QED) is 0.440. The van der Waals surface area contributed by atoms with Crippen molar-refractivity contribution in [3.63, 3.8) is 0 Å². The van der Waals surface area contributed by atoms with E-state index >= 15 is 0 Å². The Morgan fingerprint density at radius 3 is 2.00 bits per heavy atom. The van der Waals surface area contributed by atoms with E-state index in [1.807, 2.05) is 30.3 Å². The fourth-order valence-electron chi connectivity index (χ4n) is 1.53. The summed E-state index contributed by atoms with van der Waals surface area (Å²) in [6, 6.07) is 9.60. The number of benzene rings is 1. The Labute approximate surface area is 123 Å². The van der Waals surface area contributed by atoms with Gasteiger partial charge in [-0.3, -0.25) is 9.59 Å². The van der Waals surface area contributed by atoms with Crippen LogP contribution in [0.5, 0.6) is 0 Å². The fourth-order valence-corrected chi connectivity index (χ4v) is 2.57. The highest BCUT2D eigenvalue weighted by Gasteiger charge is 2.44. The molecule has 0 aliphatic rings. The van der Waals surface area contributed by atoms with Crippen LogP contribution in [0.2, 0.25) is 0 Å². The van der Waals surface area contributed by atoms with Crippen LogP contribution in [0.3, 0.4) is 0 Å². The van der Waals surface area contributed by atoms with Gasteiger partial charge in [0.25, 0.3) is 0 Å². The second-order valence-electron chi connectivity index (χ2n) is 4.37. The first-order valence-electron chi connectivity index (χ1n) is 6.57. The Balaban J connectivity index is 2.82. The van der Waals surface area contributed by atoms with Gasteiger partial charge >= 0.3 is 11.9 Å². The molecule has 0 saturated heterocycles. The fraction of sp³-hybridized carbons (Fsp3) is 0.467. The summed E-state index contributed by atoms with van der Waals surface area (Å²) >= 11 is 1.43. The van der Waals surface area contributed by atoms with Gasteiger partial charge in [-0.2, -0.15) is 0 Å². The van der Waals surface area contributed by atoms with E-state index in [9.17, 15) is 9.59 Å². The van der Waals surface area contributed by atoms with Crippen molar-refractivity contribution >= 4 is 23.7 Å². The van der Waals surface area contributed by atoms with Crippen LogP contribution in [0.4, 0.5) is 0 Å². The van der Waals surface area contributed by atoms with Gasteiger partial charge in [0, 0.05) is 10.6 Å². The second kappa shape index (κ2) is 7.94. The van der Waals surface area contributed by atoms with Crippen LogP contribution < -0.4 is 0 Å². The van der Waals surface area contributed by atoms with Crippen molar-refractivity contribution in [3.8, 4) is 0 Å². The number of carbonyl (C=O) groups is 2. The molecular weight excluding hydrogens is 276 g/mol. The summed E-state index contributed by atoms with van der Waals surface area (Å²) in [6.07, 6.45) is 0. The summed E-state index contributed by atoms with van der Waals surface area (Å²) in [4.78, 5) is 25.1. The number of rotatable bonds is 7. The third kappa shape index (κ3) is 4.27. The Morgan fingerprint density at radius 1 is 1.05 bits per heavy atom. The SMILES string of the molecule is CCOC(=O)C(C)(CSc1ccccc1)C(=O)OCC. The number of thioether (sulfide) groups is 1. The molecule has 0 atom stereocenters. The van der Waals surface area contributed by atoms with E-state index < -0.39 is 17.4 Å². The number of ether oxygens (including phenoxy) is 2. The molecule has 5 heteroatoms. The van der Waals surface area contributed by atoms with Crippen molar-refractivity contribution in [1.29, 1.82) is 0 Å². The van der Waals surface area contributed by atoms with Crippen molar-refractivity contribution in [2.75, 3.05) is 19.0 Å². The van der Waals surface area contributed by atoms with Gasteiger partial charge in [0.05, 0.1) is 13.2 Å². The van der Waals surface area contributed by atoms with Gasteiger partial charge in [-0.25, -0.2) is 0 Å². The van der Waals surface area contributed by atoms with Gasteiger partial charge in [-0.1, -0.05) is 18.2 Å². The van der Waals surface area contributed by atoms with Crippen LogP contribution in [0, 0.1) is 5.41 Å². The summed E-state index contributed by atoms with van der Waals surface area (Å²) in [5, 5.41) is 0. The summed E-state index contributed by atoms with van der Waals surface area (Å²) in [7, 11) is 0. The van der Waals surface area contributed by atoms with Crippen molar-refractivity contribution < 1.29 is 19.1 Å². The van der Waals surface area contributed by atoms with Crippen LogP contribution in [-0.4, -0.2) is 30.9 Å². The van der Waals surface area contributed by atoms with Gasteiger partial charge in [0.1, 0.15) is 0 Å². The van der Waals surface area contributed by atoms with Crippen molar-refractivity contribution in [3.05, 3.63) is 30.3 Å². The molecule has 1 rings (SSSR count). The monoisotopic (exact) mass is 296 g/mol. The Kier molecular flexibility index (Phi) is 6.58. The zero-order chi connectivity index (χ0) is 15.0. The normalized spacial score (nSPS) is 10.9. The molecule has 0 saturated carbocycles. The number of hydrogen-bond donors (Lipinski definition) is 0. The minimum Gasteiger partial charge on any atom is -0.465 e. The highest BCUT2D eigenvalue weighted by Crippen LogP contribution is 2.30. The van der Waals surface area contributed by atoms with E-state index in [-0.39, 0.29) is 19.0 Å². The van der Waals surface area contributed by atoms with E-state index in [4.69, 9.17) is 9.47 Å². The Bertz CT molecular complexity index is 426. The molecular formula is C15H20O4S. The number of esters is 2. The third-order valence-corrected chi connectivity index (χ3v) is 4.05. The van der Waals surface area contributed by atoms with E-state index in [0.717, 1.165) is 4.90 Å². The zero-order valence-electron chi connectivity index (χ0n) is 12.0. The molecule has 0 bridgehead atoms. The summed E-state index contributed by atoms with van der Waals surface area (Å²) in [5.41, 5.74) is -1.29. The highest BCUT2D eigenvalue weighted by atomic mass is 32.2. The maximum absolute atomic E-state index is 12.1. The van der Waals surface area contributed by atoms with Crippen LogP contribution in [0.15, 0.2) is 35.2 Å². The molecule has 0 unspecified atom stereocenters. The molecule has 1 aromatic rings. The molecule has 0 spiro atoms. The second-order valence-corrected chi connectivity index (χ2v) is 5.42. The first-order valence-corrected chi connectivity index (χ1v) is 7.55. The van der Waals surface area contributed by atoms with Gasteiger partial charge in [0.15, 0.2) is 5.41 Å². The predicted octanol–water partition coefficient (Wildman–Crippen LogP) is 2.91. The topological polar surface area (TPSA) is 52.6 Å². The van der Waals surface area contributed by atoms with Crippen molar-refractivity contribution in [2.24, 2.45) is 5.41 Å². The average Bonchev–Trinajstić information content (AvgIpc) is 2.46. The molecule has 1 aromatic carbocycles. The summed E-state index contributed by atoms with van der Waals surface area (Å²) in [6.45, 7) is 5.48. The number of hydrogen-bond acceptors (Lipinski definition) is 5. The minimum atomic E-state index is -1.29. The third-order valence-electron chi connectivity index (χ3n) is 2.72. The first-order chi connectivity index (χ1) is 9.54. The van der Waals surface area contributed by atoms with Gasteiger partial charge in [-0.05, 0) is 32.9 Å². The van der Waals surface area contributed by atoms with E-state index in [0.29, 0.717) is 0 Å². The lowest BCUT2D eigenvalue weighted by Gasteiger charge is -2.24. The molecule has 20 heavy (non-hydrogen) atoms. The first kappa shape index (κ1) is 16.6. The molecule has 0 N–H and O–H groups in total. The van der Waals surface area contributed by atoms with E-state index in [1.165, 1.54) is 11.8 Å². The Hall–Kier alpha value is -1.49. The largest absolute Gasteiger partial charge is 0.465 e. The zero-order valence-corrected chi connectivity index (χ0v) is 12.9. The van der Waals surface area contributed by atoms with E-state index in [1.54, 1.807) is 20.8 Å². The van der Waals surface area contributed by atoms with Crippen LogP contribution in [0.25, 0.3) is 0 Å². The minimum absolute atomic E-state index is 0.240. The lowest BCUT2D eigenvalue weighted by Crippen LogP contribution is -2.41. The lowest BCUT2D eigenvalue weighted by molar-refractivity contribution is -0.168. The van der Waals surface area contributed by atoms with E-state index in [2.05, 4.69) is 0 Å². The molecule has 0 aliphatic carbocycles. The average molecular weight is 296 g/mol. The van der Waals surface area contributed by atoms with Crippen LogP contribution in [-0.2, 0) is 19.1 Å². The molecule has 0 amide bonds. The lowest BCUT2D eigenvalue weighted by atomic mass is 9.93. The predicted molar refractivity (Wildman–Crippen MR) is 78.5 cm³/mol. The van der Waals surface area contributed by atoms with Gasteiger partial charge < -0.3 is 9.47 Å². The van der Waals surface area contributed by atoms with Crippen LogP contribution >= 0.6 is 11.8 Å². The molecule has 0 aromatic heterocycles. The molecule has 0 heterocycles. The smallest absolute Gasteiger partial charge is 0.324 e. The van der Waals surface area contributed by atoms with Crippen LogP contribution in [0.1, 0.15) is 20.8 Å². The number of carbonyl (C=O) groups excluding carboxylic acids is 2.